The van der Waals surface area contributed by atoms with Gasteiger partial charge in [-0.1, -0.05) is 18.2 Å². The third-order valence-corrected chi connectivity index (χ3v) is 4.73. The molecule has 8 heteroatoms. The van der Waals surface area contributed by atoms with Crippen molar-refractivity contribution in [2.45, 2.75) is 19.4 Å². The quantitative estimate of drug-likeness (QED) is 0.604. The van der Waals surface area contributed by atoms with E-state index < -0.39 is 30.3 Å². The molecule has 1 aromatic heterocycles. The average molecular weight is 367 g/mol. The number of benzene rings is 1. The van der Waals surface area contributed by atoms with E-state index >= 15 is 0 Å². The van der Waals surface area contributed by atoms with Gasteiger partial charge < -0.3 is 9.32 Å². The Morgan fingerprint density at radius 1 is 1.00 bits per heavy atom. The van der Waals surface area contributed by atoms with Gasteiger partial charge in [-0.2, -0.15) is 0 Å². The van der Waals surface area contributed by atoms with E-state index in [-0.39, 0.29) is 6.54 Å². The number of urea groups is 1. The molecule has 1 fully saturated rings. The van der Waals surface area contributed by atoms with Crippen LogP contribution in [0.2, 0.25) is 0 Å². The Kier molecular flexibility index (Phi) is 4.23. The maximum atomic E-state index is 12.8. The van der Waals surface area contributed by atoms with Crippen LogP contribution in [0, 0.1) is 0 Å². The van der Waals surface area contributed by atoms with Crippen molar-refractivity contribution in [1.82, 2.24) is 9.80 Å². The Morgan fingerprint density at radius 3 is 2.56 bits per heavy atom. The van der Waals surface area contributed by atoms with Crippen molar-refractivity contribution < 1.29 is 23.6 Å². The summed E-state index contributed by atoms with van der Waals surface area (Å²) >= 11 is 0. The van der Waals surface area contributed by atoms with Gasteiger partial charge in [-0.25, -0.2) is 14.6 Å². The summed E-state index contributed by atoms with van der Waals surface area (Å²) < 4.78 is 5.13. The minimum absolute atomic E-state index is 0.145. The Balaban J connectivity index is 1.51. The number of para-hydroxylation sites is 1. The molecular formula is C19H17N3O5. The summed E-state index contributed by atoms with van der Waals surface area (Å²) in [7, 11) is 0. The molecule has 3 heterocycles. The predicted molar refractivity (Wildman–Crippen MR) is 93.5 cm³/mol. The van der Waals surface area contributed by atoms with E-state index in [4.69, 9.17) is 4.42 Å². The molecule has 0 spiro atoms. The lowest BCUT2D eigenvalue weighted by molar-refractivity contribution is -0.144. The van der Waals surface area contributed by atoms with Gasteiger partial charge in [-0.3, -0.25) is 14.4 Å². The average Bonchev–Trinajstić information content (AvgIpc) is 3.27. The van der Waals surface area contributed by atoms with Crippen molar-refractivity contribution in [3.05, 3.63) is 54.0 Å². The van der Waals surface area contributed by atoms with Crippen molar-refractivity contribution in [2.24, 2.45) is 0 Å². The third kappa shape index (κ3) is 2.99. The summed E-state index contributed by atoms with van der Waals surface area (Å²) in [5, 5.41) is 0. The maximum absolute atomic E-state index is 12.8. The van der Waals surface area contributed by atoms with E-state index in [1.165, 1.54) is 6.26 Å². The molecule has 2 aliphatic heterocycles. The van der Waals surface area contributed by atoms with E-state index in [1.54, 1.807) is 17.0 Å². The minimum Gasteiger partial charge on any atom is -0.467 e. The molecule has 0 bridgehead atoms. The lowest BCUT2D eigenvalue weighted by atomic mass is 10.0. The second-order valence-electron chi connectivity index (χ2n) is 6.42. The standard InChI is InChI=1S/C19H17N3O5/c23-16(20-9-3-6-13-5-1-2-8-15(13)20)12-22-18(25)17(24)21(19(22)26)11-14-7-4-10-27-14/h1-2,4-5,7-8,10H,3,6,9,11-12H2. The molecule has 0 N–H and O–H groups in total. The van der Waals surface area contributed by atoms with Crippen LogP contribution < -0.4 is 4.90 Å². The van der Waals surface area contributed by atoms with Crippen LogP contribution in [0.5, 0.6) is 0 Å². The molecule has 8 nitrogen and oxygen atoms in total. The number of carbonyl (C=O) groups excluding carboxylic acids is 4. The Labute approximate surface area is 154 Å². The SMILES string of the molecule is O=C1C(=O)N(Cc2ccco2)C(=O)N1CC(=O)N1CCCc2ccccc21. The summed E-state index contributed by atoms with van der Waals surface area (Å²) in [6, 6.07) is 9.96. The lowest BCUT2D eigenvalue weighted by Crippen LogP contribution is -2.45. The molecule has 2 aromatic rings. The predicted octanol–water partition coefficient (Wildman–Crippen LogP) is 1.55. The number of nitrogens with zero attached hydrogens (tertiary/aromatic N) is 3. The highest BCUT2D eigenvalue weighted by molar-refractivity contribution is 6.45. The molecule has 1 aromatic carbocycles. The number of rotatable bonds is 4. The first kappa shape index (κ1) is 17.0. The van der Waals surface area contributed by atoms with Crippen LogP contribution in [0.4, 0.5) is 10.5 Å². The highest BCUT2D eigenvalue weighted by atomic mass is 16.3. The van der Waals surface area contributed by atoms with Gasteiger partial charge in [0, 0.05) is 12.2 Å². The van der Waals surface area contributed by atoms with Crippen LogP contribution in [0.3, 0.4) is 0 Å². The highest BCUT2D eigenvalue weighted by Gasteiger charge is 2.46. The smallest absolute Gasteiger partial charge is 0.335 e. The number of fused-ring (bicyclic) bond motifs is 1. The van der Waals surface area contributed by atoms with Crippen LogP contribution in [-0.4, -0.2) is 46.6 Å². The Bertz CT molecular complexity index is 921. The molecule has 2 aliphatic rings. The van der Waals surface area contributed by atoms with Gasteiger partial charge in [0.05, 0.1) is 12.8 Å². The van der Waals surface area contributed by atoms with Crippen LogP contribution >= 0.6 is 0 Å². The van der Waals surface area contributed by atoms with Gasteiger partial charge in [-0.15, -0.1) is 0 Å². The van der Waals surface area contributed by atoms with E-state index in [1.807, 2.05) is 24.3 Å². The summed E-state index contributed by atoms with van der Waals surface area (Å²) in [6.45, 7) is -0.101. The summed E-state index contributed by atoms with van der Waals surface area (Å²) in [6.07, 6.45) is 3.09. The molecule has 0 saturated carbocycles. The van der Waals surface area contributed by atoms with Crippen molar-refractivity contribution in [2.75, 3.05) is 18.0 Å². The van der Waals surface area contributed by atoms with E-state index in [0.717, 1.165) is 29.0 Å². The largest absolute Gasteiger partial charge is 0.467 e. The summed E-state index contributed by atoms with van der Waals surface area (Å²) in [5.74, 6) is -1.97. The maximum Gasteiger partial charge on any atom is 0.335 e. The van der Waals surface area contributed by atoms with Crippen LogP contribution in [-0.2, 0) is 27.3 Å². The Morgan fingerprint density at radius 2 is 1.78 bits per heavy atom. The number of anilines is 1. The first-order valence-electron chi connectivity index (χ1n) is 8.64. The number of aryl methyl sites for hydroxylation is 1. The summed E-state index contributed by atoms with van der Waals surface area (Å²) in [5.41, 5.74) is 1.83. The van der Waals surface area contributed by atoms with Crippen molar-refractivity contribution >= 4 is 29.4 Å². The van der Waals surface area contributed by atoms with Crippen LogP contribution in [0.15, 0.2) is 47.1 Å². The van der Waals surface area contributed by atoms with Gasteiger partial charge in [-0.05, 0) is 36.6 Å². The molecule has 0 aliphatic carbocycles. The second-order valence-corrected chi connectivity index (χ2v) is 6.42. The molecule has 0 radical (unpaired) electrons. The molecule has 0 unspecified atom stereocenters. The first-order chi connectivity index (χ1) is 13.1. The normalized spacial score (nSPS) is 16.9. The minimum atomic E-state index is -0.995. The number of amides is 5. The number of imide groups is 2. The van der Waals surface area contributed by atoms with Gasteiger partial charge in [0.1, 0.15) is 12.3 Å². The fraction of sp³-hybridized carbons (Fsp3) is 0.263. The third-order valence-electron chi connectivity index (χ3n) is 4.73. The van der Waals surface area contributed by atoms with Gasteiger partial charge in [0.15, 0.2) is 0 Å². The lowest BCUT2D eigenvalue weighted by Gasteiger charge is -2.30. The van der Waals surface area contributed by atoms with Gasteiger partial charge in [0.2, 0.25) is 5.91 Å². The molecular weight excluding hydrogens is 350 g/mol. The zero-order chi connectivity index (χ0) is 19.0. The molecule has 4 rings (SSSR count). The van der Waals surface area contributed by atoms with E-state index in [0.29, 0.717) is 17.2 Å². The molecule has 5 amide bonds. The zero-order valence-corrected chi connectivity index (χ0v) is 14.5. The monoisotopic (exact) mass is 367 g/mol. The van der Waals surface area contributed by atoms with E-state index in [9.17, 15) is 19.2 Å². The molecule has 1 saturated heterocycles. The number of hydrogen-bond donors (Lipinski definition) is 0. The first-order valence-corrected chi connectivity index (χ1v) is 8.64. The van der Waals surface area contributed by atoms with Crippen LogP contribution in [0.25, 0.3) is 0 Å². The fourth-order valence-corrected chi connectivity index (χ4v) is 3.40. The fourth-order valence-electron chi connectivity index (χ4n) is 3.40. The number of hydrogen-bond acceptors (Lipinski definition) is 5. The van der Waals surface area contributed by atoms with Crippen molar-refractivity contribution in [3.63, 3.8) is 0 Å². The summed E-state index contributed by atoms with van der Waals surface area (Å²) in [4.78, 5) is 52.7. The molecule has 138 valence electrons. The van der Waals surface area contributed by atoms with Crippen molar-refractivity contribution in [1.29, 1.82) is 0 Å². The molecule has 27 heavy (non-hydrogen) atoms. The van der Waals surface area contributed by atoms with Gasteiger partial charge >= 0.3 is 17.8 Å². The Hall–Kier alpha value is -3.42. The van der Waals surface area contributed by atoms with Crippen LogP contribution in [0.1, 0.15) is 17.7 Å². The zero-order valence-electron chi connectivity index (χ0n) is 14.5. The molecule has 0 atom stereocenters. The highest BCUT2D eigenvalue weighted by Crippen LogP contribution is 2.27. The number of carbonyl (C=O) groups is 4. The van der Waals surface area contributed by atoms with Gasteiger partial charge in [0.25, 0.3) is 0 Å². The second kappa shape index (κ2) is 6.71. The van der Waals surface area contributed by atoms with Crippen molar-refractivity contribution in [3.8, 4) is 0 Å². The van der Waals surface area contributed by atoms with E-state index in [2.05, 4.69) is 0 Å². The number of furan rings is 1. The topological polar surface area (TPSA) is 91.1 Å².